The summed E-state index contributed by atoms with van der Waals surface area (Å²) < 4.78 is 71.8. The highest BCUT2D eigenvalue weighted by Gasteiger charge is 2.49. The molecule has 310 valence electrons. The molecule has 6 N–H and O–H groups in total. The normalized spacial score (nSPS) is 17.5. The highest BCUT2D eigenvalue weighted by molar-refractivity contribution is 7.86. The molecule has 0 amide bonds. The van der Waals surface area contributed by atoms with E-state index in [1.807, 2.05) is 97.1 Å². The van der Waals surface area contributed by atoms with Gasteiger partial charge in [-0.1, -0.05) is 121 Å². The van der Waals surface area contributed by atoms with Crippen molar-refractivity contribution in [2.45, 2.75) is 21.1 Å². The highest BCUT2D eigenvalue weighted by Crippen LogP contribution is 2.56. The van der Waals surface area contributed by atoms with Crippen LogP contribution in [0.25, 0.3) is 54.9 Å². The van der Waals surface area contributed by atoms with Gasteiger partial charge in [0.05, 0.1) is 22.2 Å². The number of carbonyl (C=O) groups excluding carboxylic acids is 1. The van der Waals surface area contributed by atoms with Gasteiger partial charge in [-0.05, 0) is 46.5 Å². The Hall–Kier alpha value is -7.62. The van der Waals surface area contributed by atoms with Crippen LogP contribution in [0.3, 0.4) is 0 Å². The molecule has 2 heterocycles. The summed E-state index contributed by atoms with van der Waals surface area (Å²) in [6, 6.07) is 43.3. The van der Waals surface area contributed by atoms with Crippen LogP contribution in [0, 0.1) is 0 Å². The lowest BCUT2D eigenvalue weighted by Crippen LogP contribution is -2.45. The Bertz CT molecular complexity index is 3900. The molecule has 2 aliphatic heterocycles. The van der Waals surface area contributed by atoms with Gasteiger partial charge in [-0.15, -0.1) is 0 Å². The zero-order valence-electron chi connectivity index (χ0n) is 33.0. The molecule has 14 heteroatoms. The van der Waals surface area contributed by atoms with Gasteiger partial charge in [0.25, 0.3) is 20.2 Å². The molecule has 0 unspecified atom stereocenters. The fraction of sp³-hybridized carbons (Fsp3) is 0.0400. The number of nitrogens with zero attached hydrogens (tertiary/aromatic N) is 1. The SMILES string of the molecule is O=C1C(c2ccc3c(S(=O)(=O)O)ccc4c3c2NC2(N4)c3ccccc3-c3ccccc32)=C(O)/C1=c1/ccc2c(S(=O)(=O)O)ccc3c2c1=NC1(N3)c2ccccc2-c2ccccc21. The first kappa shape index (κ1) is 37.0. The van der Waals surface area contributed by atoms with Gasteiger partial charge in [0, 0.05) is 66.0 Å². The van der Waals surface area contributed by atoms with Crippen molar-refractivity contribution < 1.29 is 35.8 Å². The largest absolute Gasteiger partial charge is 0.506 e. The summed E-state index contributed by atoms with van der Waals surface area (Å²) in [7, 11) is -9.42. The van der Waals surface area contributed by atoms with Gasteiger partial charge in [-0.25, -0.2) is 4.99 Å². The van der Waals surface area contributed by atoms with E-state index in [9.17, 15) is 31.0 Å². The fourth-order valence-corrected chi connectivity index (χ4v) is 12.2. The van der Waals surface area contributed by atoms with E-state index in [0.29, 0.717) is 27.8 Å². The summed E-state index contributed by atoms with van der Waals surface area (Å²) in [6.07, 6.45) is 0. The number of aliphatic hydroxyl groups is 1. The lowest BCUT2D eigenvalue weighted by molar-refractivity contribution is -0.109. The van der Waals surface area contributed by atoms with Crippen LogP contribution in [0.5, 0.6) is 0 Å². The highest BCUT2D eigenvalue weighted by atomic mass is 32.2. The second kappa shape index (κ2) is 12.1. The number of fused-ring (bicyclic) bond motifs is 10. The van der Waals surface area contributed by atoms with E-state index in [2.05, 4.69) is 16.0 Å². The van der Waals surface area contributed by atoms with Crippen LogP contribution >= 0.6 is 0 Å². The minimum atomic E-state index is -4.71. The molecule has 0 fully saturated rings. The van der Waals surface area contributed by atoms with E-state index >= 15 is 4.79 Å². The molecule has 8 aromatic rings. The van der Waals surface area contributed by atoms with Gasteiger partial charge >= 0.3 is 0 Å². The summed E-state index contributed by atoms with van der Waals surface area (Å²) in [5.74, 6) is -0.895. The monoisotopic (exact) mass is 878 g/mol. The predicted octanol–water partition coefficient (Wildman–Crippen LogP) is 7.84. The van der Waals surface area contributed by atoms with Crippen molar-refractivity contribution in [3.63, 3.8) is 0 Å². The molecule has 12 nitrogen and oxygen atoms in total. The Morgan fingerprint density at radius 3 is 1.52 bits per heavy atom. The second-order valence-corrected chi connectivity index (χ2v) is 19.3. The first-order valence-corrected chi connectivity index (χ1v) is 23.1. The number of carbonyl (C=O) groups is 1. The molecule has 0 bridgehead atoms. The Morgan fingerprint density at radius 1 is 0.484 bits per heavy atom. The average Bonchev–Trinajstić information content (AvgIpc) is 3.70. The first-order valence-electron chi connectivity index (χ1n) is 20.3. The Morgan fingerprint density at radius 2 is 0.969 bits per heavy atom. The maximum atomic E-state index is 15.0. The number of aliphatic hydroxyl groups excluding tert-OH is 1. The van der Waals surface area contributed by atoms with Crippen molar-refractivity contribution in [2.75, 3.05) is 16.0 Å². The number of allylic oxidation sites excluding steroid dienone is 2. The van der Waals surface area contributed by atoms with Gasteiger partial charge in [0.2, 0.25) is 5.78 Å². The van der Waals surface area contributed by atoms with Crippen LogP contribution in [0.1, 0.15) is 27.8 Å². The van der Waals surface area contributed by atoms with Gasteiger partial charge in [-0.3, -0.25) is 13.9 Å². The van der Waals surface area contributed by atoms with Crippen LogP contribution in [0.4, 0.5) is 17.1 Å². The third kappa shape index (κ3) is 4.56. The van der Waals surface area contributed by atoms with E-state index in [0.717, 1.165) is 44.5 Å². The molecule has 2 spiro atoms. The number of benzene rings is 8. The van der Waals surface area contributed by atoms with Crippen molar-refractivity contribution in [1.29, 1.82) is 0 Å². The second-order valence-electron chi connectivity index (χ2n) is 16.5. The molecule has 0 saturated carbocycles. The zero-order valence-corrected chi connectivity index (χ0v) is 34.6. The summed E-state index contributed by atoms with van der Waals surface area (Å²) >= 11 is 0. The number of hydrogen-bond donors (Lipinski definition) is 6. The lowest BCUT2D eigenvalue weighted by atomic mass is 9.79. The van der Waals surface area contributed by atoms with Crippen molar-refractivity contribution >= 4 is 75.8 Å². The lowest BCUT2D eigenvalue weighted by Gasteiger charge is -2.41. The Labute approximate surface area is 364 Å². The van der Waals surface area contributed by atoms with Crippen molar-refractivity contribution in [2.24, 2.45) is 4.99 Å². The third-order valence-electron chi connectivity index (χ3n) is 13.4. The minimum Gasteiger partial charge on any atom is -0.506 e. The summed E-state index contributed by atoms with van der Waals surface area (Å²) in [5.41, 5.74) is 6.45. The predicted molar refractivity (Wildman–Crippen MR) is 242 cm³/mol. The van der Waals surface area contributed by atoms with Gasteiger partial charge in [-0.2, -0.15) is 16.8 Å². The number of Topliss-reactive ketones (excluding diaryl/α,β-unsaturated/α-hetero) is 1. The van der Waals surface area contributed by atoms with E-state index in [1.165, 1.54) is 30.3 Å². The molecular weight excluding hydrogens is 849 g/mol. The quantitative estimate of drug-likeness (QED) is 0.0948. The van der Waals surface area contributed by atoms with Crippen molar-refractivity contribution in [1.82, 2.24) is 0 Å². The molecule has 3 aliphatic carbocycles. The first-order chi connectivity index (χ1) is 30.8. The summed E-state index contributed by atoms with van der Waals surface area (Å²) in [5, 5.41) is 24.8. The summed E-state index contributed by atoms with van der Waals surface area (Å²) in [6.45, 7) is 0. The Balaban J connectivity index is 1.10. The fourth-order valence-electron chi connectivity index (χ4n) is 10.8. The third-order valence-corrected chi connectivity index (χ3v) is 15.2. The molecule has 5 aliphatic rings. The summed E-state index contributed by atoms with van der Waals surface area (Å²) in [4.78, 5) is 19.8. The van der Waals surface area contributed by atoms with Crippen LogP contribution in [0.15, 0.2) is 166 Å². The van der Waals surface area contributed by atoms with Crippen molar-refractivity contribution in [3.8, 4) is 22.3 Å². The molecular formula is C50H30N4O8S2. The molecule has 0 aromatic heterocycles. The van der Waals surface area contributed by atoms with E-state index < -0.39 is 37.3 Å². The van der Waals surface area contributed by atoms with Crippen LogP contribution < -0.4 is 26.5 Å². The molecule has 0 atom stereocenters. The molecule has 0 radical (unpaired) electrons. The van der Waals surface area contributed by atoms with Crippen LogP contribution in [0.2, 0.25) is 0 Å². The molecule has 13 rings (SSSR count). The number of rotatable bonds is 3. The number of anilines is 3. The van der Waals surface area contributed by atoms with Gasteiger partial charge in [0.1, 0.15) is 15.6 Å². The number of ketones is 1. The standard InChI is InChI=1S/C50H30N4O8S2/c55-47-43(31-19-17-29-39(63(57,58)59)23-21-37-41(29)45(31)53-49(51-37)33-13-5-1-9-25(33)26-10-2-6-14-34(26)49)48(56)44(47)32-20-18-30-40(64(60,61)62)24-22-38-42(30)46(32)54-50(52-38)35-15-7-3-11-27(35)28-12-4-8-16-36(28)50/h1-24,51-53,55H,(H,57,58,59)(H,60,61,62)/b44-32+. The number of nitrogens with one attached hydrogen (secondary N) is 3. The van der Waals surface area contributed by atoms with E-state index in [-0.39, 0.29) is 53.6 Å². The molecule has 8 aromatic carbocycles. The van der Waals surface area contributed by atoms with E-state index in [1.54, 1.807) is 18.2 Å². The zero-order chi connectivity index (χ0) is 43.7. The van der Waals surface area contributed by atoms with E-state index in [4.69, 9.17) is 4.99 Å². The van der Waals surface area contributed by atoms with Crippen LogP contribution in [-0.4, -0.2) is 36.8 Å². The maximum Gasteiger partial charge on any atom is 0.295 e. The topological polar surface area (TPSA) is 194 Å². The van der Waals surface area contributed by atoms with Crippen molar-refractivity contribution in [3.05, 3.63) is 190 Å². The number of hydrogen-bond acceptors (Lipinski definition) is 10. The molecule has 0 saturated heterocycles. The van der Waals surface area contributed by atoms with Crippen LogP contribution in [-0.2, 0) is 36.4 Å². The maximum absolute atomic E-state index is 15.0. The molecule has 64 heavy (non-hydrogen) atoms. The van der Waals surface area contributed by atoms with Gasteiger partial charge in [0.15, 0.2) is 11.3 Å². The minimum absolute atomic E-state index is 0.0429. The Kier molecular flexibility index (Phi) is 6.99. The smallest absolute Gasteiger partial charge is 0.295 e. The average molecular weight is 879 g/mol. The van der Waals surface area contributed by atoms with Gasteiger partial charge < -0.3 is 21.1 Å².